The van der Waals surface area contributed by atoms with Crippen molar-refractivity contribution < 1.29 is 0 Å². The molecule has 0 unspecified atom stereocenters. The molecule has 0 bridgehead atoms. The first-order chi connectivity index (χ1) is 9.25. The molecule has 1 aliphatic rings. The van der Waals surface area contributed by atoms with E-state index < -0.39 is 0 Å². The lowest BCUT2D eigenvalue weighted by Gasteiger charge is -2.11. The molecule has 0 radical (unpaired) electrons. The van der Waals surface area contributed by atoms with Crippen LogP contribution in [0.15, 0.2) is 30.3 Å². The molecule has 2 aromatic rings. The van der Waals surface area contributed by atoms with E-state index in [1.54, 1.807) is 0 Å². The lowest BCUT2D eigenvalue weighted by atomic mass is 10.0. The normalized spacial score (nSPS) is 18.9. The molecule has 0 saturated carbocycles. The number of nitrogens with zero attached hydrogens (tertiary/aromatic N) is 2. The molecule has 1 atom stereocenters. The summed E-state index contributed by atoms with van der Waals surface area (Å²) in [5.41, 5.74) is 5.20. The third-order valence-corrected chi connectivity index (χ3v) is 4.02. The van der Waals surface area contributed by atoms with Gasteiger partial charge in [-0.15, -0.1) is 0 Å². The lowest BCUT2D eigenvalue weighted by molar-refractivity contribution is 0.629. The number of aryl methyl sites for hydroxylation is 1. The summed E-state index contributed by atoms with van der Waals surface area (Å²) in [5, 5.41) is 8.31. The predicted octanol–water partition coefficient (Wildman–Crippen LogP) is 2.97. The minimum absolute atomic E-state index is 0.504. The van der Waals surface area contributed by atoms with Crippen molar-refractivity contribution in [1.82, 2.24) is 15.1 Å². The standard InChI is InChI=1S/C16H21N3/c1-12-16(15-9-6-10-17-15)13(2)19(18-12)11-14-7-4-3-5-8-14/h3-5,7-8,15,17H,6,9-11H2,1-2H3/t15-/m1/s1. The highest BCUT2D eigenvalue weighted by atomic mass is 15.3. The summed E-state index contributed by atoms with van der Waals surface area (Å²) in [7, 11) is 0. The first kappa shape index (κ1) is 12.4. The summed E-state index contributed by atoms with van der Waals surface area (Å²) in [6.07, 6.45) is 2.51. The second-order valence-corrected chi connectivity index (χ2v) is 5.38. The highest BCUT2D eigenvalue weighted by Crippen LogP contribution is 2.28. The molecule has 1 saturated heterocycles. The zero-order valence-corrected chi connectivity index (χ0v) is 11.7. The molecule has 0 spiro atoms. The van der Waals surface area contributed by atoms with Crippen molar-refractivity contribution in [3.8, 4) is 0 Å². The van der Waals surface area contributed by atoms with Gasteiger partial charge in [0.15, 0.2) is 0 Å². The van der Waals surface area contributed by atoms with Gasteiger partial charge in [0.1, 0.15) is 0 Å². The van der Waals surface area contributed by atoms with E-state index in [-0.39, 0.29) is 0 Å². The van der Waals surface area contributed by atoms with Gasteiger partial charge in [0.05, 0.1) is 12.2 Å². The Labute approximate surface area is 114 Å². The van der Waals surface area contributed by atoms with Crippen molar-refractivity contribution in [2.24, 2.45) is 0 Å². The topological polar surface area (TPSA) is 29.9 Å². The number of nitrogens with one attached hydrogen (secondary N) is 1. The summed E-state index contributed by atoms with van der Waals surface area (Å²) in [6.45, 7) is 6.32. The Morgan fingerprint density at radius 3 is 2.74 bits per heavy atom. The SMILES string of the molecule is Cc1nn(Cc2ccccc2)c(C)c1[C@H]1CCCN1. The van der Waals surface area contributed by atoms with Crippen LogP contribution >= 0.6 is 0 Å². The number of hydrogen-bond acceptors (Lipinski definition) is 2. The van der Waals surface area contributed by atoms with Crippen LogP contribution in [0.25, 0.3) is 0 Å². The quantitative estimate of drug-likeness (QED) is 0.913. The molecule has 0 amide bonds. The summed E-state index contributed by atoms with van der Waals surface area (Å²) in [4.78, 5) is 0. The molecule has 1 fully saturated rings. The van der Waals surface area contributed by atoms with E-state index in [1.165, 1.54) is 35.4 Å². The molecule has 3 nitrogen and oxygen atoms in total. The molecule has 2 heterocycles. The van der Waals surface area contributed by atoms with Gasteiger partial charge in [0.25, 0.3) is 0 Å². The maximum Gasteiger partial charge on any atom is 0.0662 e. The third-order valence-electron chi connectivity index (χ3n) is 4.02. The fraction of sp³-hybridized carbons (Fsp3) is 0.438. The predicted molar refractivity (Wildman–Crippen MR) is 77.2 cm³/mol. The van der Waals surface area contributed by atoms with Gasteiger partial charge < -0.3 is 5.32 Å². The largest absolute Gasteiger partial charge is 0.310 e. The molecule has 3 heteroatoms. The van der Waals surface area contributed by atoms with Crippen molar-refractivity contribution in [2.45, 2.75) is 39.3 Å². The fourth-order valence-electron chi connectivity index (χ4n) is 3.06. The average molecular weight is 255 g/mol. The summed E-state index contributed by atoms with van der Waals surface area (Å²) in [5.74, 6) is 0. The van der Waals surface area contributed by atoms with E-state index >= 15 is 0 Å². The average Bonchev–Trinajstić information content (AvgIpc) is 3.01. The number of hydrogen-bond donors (Lipinski definition) is 1. The smallest absolute Gasteiger partial charge is 0.0662 e. The van der Waals surface area contributed by atoms with Crippen molar-refractivity contribution in [3.63, 3.8) is 0 Å². The second-order valence-electron chi connectivity index (χ2n) is 5.38. The highest BCUT2D eigenvalue weighted by molar-refractivity contribution is 5.30. The third kappa shape index (κ3) is 2.43. The Balaban J connectivity index is 1.89. The molecular weight excluding hydrogens is 234 g/mol. The van der Waals surface area contributed by atoms with E-state index in [4.69, 9.17) is 5.10 Å². The molecule has 1 aromatic carbocycles. The minimum atomic E-state index is 0.504. The monoisotopic (exact) mass is 255 g/mol. The van der Waals surface area contributed by atoms with E-state index in [0.29, 0.717) is 6.04 Å². The lowest BCUT2D eigenvalue weighted by Crippen LogP contribution is -2.14. The molecule has 1 aromatic heterocycles. The van der Waals surface area contributed by atoms with E-state index in [2.05, 4.69) is 54.2 Å². The Bertz CT molecular complexity index is 551. The maximum absolute atomic E-state index is 4.73. The first-order valence-electron chi connectivity index (χ1n) is 7.07. The van der Waals surface area contributed by atoms with Crippen molar-refractivity contribution in [3.05, 3.63) is 52.8 Å². The van der Waals surface area contributed by atoms with E-state index in [1.807, 2.05) is 0 Å². The molecule has 0 aliphatic carbocycles. The Kier molecular flexibility index (Phi) is 3.38. The van der Waals surface area contributed by atoms with Crippen LogP contribution in [0.4, 0.5) is 0 Å². The molecule has 1 aliphatic heterocycles. The van der Waals surface area contributed by atoms with Crippen LogP contribution in [-0.2, 0) is 6.54 Å². The van der Waals surface area contributed by atoms with Crippen LogP contribution < -0.4 is 5.32 Å². The van der Waals surface area contributed by atoms with Crippen LogP contribution in [0.3, 0.4) is 0 Å². The zero-order chi connectivity index (χ0) is 13.2. The molecule has 19 heavy (non-hydrogen) atoms. The summed E-state index contributed by atoms with van der Waals surface area (Å²) < 4.78 is 2.14. The van der Waals surface area contributed by atoms with Crippen molar-refractivity contribution in [1.29, 1.82) is 0 Å². The van der Waals surface area contributed by atoms with Crippen molar-refractivity contribution >= 4 is 0 Å². The second kappa shape index (κ2) is 5.17. The molecule has 100 valence electrons. The van der Waals surface area contributed by atoms with Crippen LogP contribution in [0.2, 0.25) is 0 Å². The van der Waals surface area contributed by atoms with Gasteiger partial charge >= 0.3 is 0 Å². The van der Waals surface area contributed by atoms with Crippen LogP contribution in [0, 0.1) is 13.8 Å². The van der Waals surface area contributed by atoms with Gasteiger partial charge in [-0.3, -0.25) is 4.68 Å². The summed E-state index contributed by atoms with van der Waals surface area (Å²) in [6, 6.07) is 11.0. The molecule has 1 N–H and O–H groups in total. The van der Waals surface area contributed by atoms with Gasteiger partial charge in [-0.2, -0.15) is 5.10 Å². The van der Waals surface area contributed by atoms with Crippen LogP contribution in [0.5, 0.6) is 0 Å². The van der Waals surface area contributed by atoms with E-state index in [0.717, 1.165) is 13.1 Å². The number of rotatable bonds is 3. The molecular formula is C16H21N3. The Morgan fingerprint density at radius 2 is 2.05 bits per heavy atom. The maximum atomic E-state index is 4.73. The number of aromatic nitrogens is 2. The van der Waals surface area contributed by atoms with Gasteiger partial charge in [-0.1, -0.05) is 30.3 Å². The van der Waals surface area contributed by atoms with E-state index in [9.17, 15) is 0 Å². The first-order valence-corrected chi connectivity index (χ1v) is 7.07. The van der Waals surface area contributed by atoms with Gasteiger partial charge in [0, 0.05) is 17.3 Å². The van der Waals surface area contributed by atoms with Crippen LogP contribution in [-0.4, -0.2) is 16.3 Å². The van der Waals surface area contributed by atoms with Gasteiger partial charge in [-0.05, 0) is 38.8 Å². The Hall–Kier alpha value is -1.61. The highest BCUT2D eigenvalue weighted by Gasteiger charge is 2.23. The Morgan fingerprint density at radius 1 is 1.26 bits per heavy atom. The minimum Gasteiger partial charge on any atom is -0.310 e. The molecule has 3 rings (SSSR count). The van der Waals surface area contributed by atoms with Gasteiger partial charge in [-0.25, -0.2) is 0 Å². The van der Waals surface area contributed by atoms with Gasteiger partial charge in [0.2, 0.25) is 0 Å². The fourth-order valence-corrected chi connectivity index (χ4v) is 3.06. The zero-order valence-electron chi connectivity index (χ0n) is 11.7. The summed E-state index contributed by atoms with van der Waals surface area (Å²) >= 11 is 0. The van der Waals surface area contributed by atoms with Crippen molar-refractivity contribution in [2.75, 3.05) is 6.54 Å². The number of benzene rings is 1. The van der Waals surface area contributed by atoms with Crippen LogP contribution in [0.1, 0.15) is 41.4 Å².